The number of rotatable bonds is 2. The number of nitrogens with zero attached hydrogens (tertiary/aromatic N) is 1. The van der Waals surface area contributed by atoms with Crippen LogP contribution in [-0.4, -0.2) is 11.0 Å². The molecule has 0 aromatic carbocycles. The molecular formula is C9H12ClN3. The fraction of sp³-hybridized carbons (Fsp3) is 0.444. The van der Waals surface area contributed by atoms with Crippen molar-refractivity contribution >= 4 is 23.0 Å². The number of nitrogens with two attached hydrogens (primary N) is 1. The SMILES string of the molecule is Cc1cc(N)c(NC2CC2)c(Cl)n1. The first-order chi connectivity index (χ1) is 6.16. The highest BCUT2D eigenvalue weighted by molar-refractivity contribution is 6.32. The molecule has 3 N–H and O–H groups in total. The van der Waals surface area contributed by atoms with Crippen LogP contribution in [0.25, 0.3) is 0 Å². The fourth-order valence-corrected chi connectivity index (χ4v) is 1.53. The Morgan fingerprint density at radius 1 is 1.62 bits per heavy atom. The molecule has 3 nitrogen and oxygen atoms in total. The lowest BCUT2D eigenvalue weighted by molar-refractivity contribution is 1.13. The minimum absolute atomic E-state index is 0.476. The third kappa shape index (κ3) is 1.86. The van der Waals surface area contributed by atoms with Gasteiger partial charge in [-0.25, -0.2) is 4.98 Å². The van der Waals surface area contributed by atoms with E-state index in [0.29, 0.717) is 16.9 Å². The summed E-state index contributed by atoms with van der Waals surface area (Å²) in [7, 11) is 0. The van der Waals surface area contributed by atoms with E-state index < -0.39 is 0 Å². The monoisotopic (exact) mass is 197 g/mol. The second-order valence-electron chi connectivity index (χ2n) is 3.44. The zero-order chi connectivity index (χ0) is 9.42. The van der Waals surface area contributed by atoms with E-state index in [0.717, 1.165) is 11.4 Å². The van der Waals surface area contributed by atoms with Crippen LogP contribution in [0.1, 0.15) is 18.5 Å². The van der Waals surface area contributed by atoms with Crippen molar-refractivity contribution < 1.29 is 0 Å². The molecule has 1 aromatic rings. The molecular weight excluding hydrogens is 186 g/mol. The van der Waals surface area contributed by atoms with Gasteiger partial charge in [-0.3, -0.25) is 0 Å². The highest BCUT2D eigenvalue weighted by Crippen LogP contribution is 2.32. The molecule has 1 aliphatic rings. The molecule has 0 spiro atoms. The van der Waals surface area contributed by atoms with E-state index in [-0.39, 0.29) is 0 Å². The molecule has 0 unspecified atom stereocenters. The molecule has 0 saturated heterocycles. The summed E-state index contributed by atoms with van der Waals surface area (Å²) in [6.45, 7) is 1.88. The van der Waals surface area contributed by atoms with Crippen LogP contribution in [0.3, 0.4) is 0 Å². The topological polar surface area (TPSA) is 50.9 Å². The van der Waals surface area contributed by atoms with Crippen LogP contribution in [0.15, 0.2) is 6.07 Å². The smallest absolute Gasteiger partial charge is 0.154 e. The summed E-state index contributed by atoms with van der Waals surface area (Å²) in [5.41, 5.74) is 8.13. The lowest BCUT2D eigenvalue weighted by atomic mass is 10.3. The van der Waals surface area contributed by atoms with E-state index in [9.17, 15) is 0 Å². The van der Waals surface area contributed by atoms with Gasteiger partial charge in [-0.2, -0.15) is 0 Å². The Kier molecular flexibility index (Phi) is 2.04. The molecule has 13 heavy (non-hydrogen) atoms. The maximum Gasteiger partial charge on any atom is 0.154 e. The second kappa shape index (κ2) is 3.07. The van der Waals surface area contributed by atoms with Crippen molar-refractivity contribution in [1.29, 1.82) is 0 Å². The highest BCUT2D eigenvalue weighted by Gasteiger charge is 2.23. The number of aromatic nitrogens is 1. The first-order valence-electron chi connectivity index (χ1n) is 4.36. The van der Waals surface area contributed by atoms with E-state index in [1.54, 1.807) is 0 Å². The number of hydrogen-bond donors (Lipinski definition) is 2. The van der Waals surface area contributed by atoms with E-state index in [1.165, 1.54) is 12.8 Å². The zero-order valence-corrected chi connectivity index (χ0v) is 8.23. The fourth-order valence-electron chi connectivity index (χ4n) is 1.23. The average molecular weight is 198 g/mol. The van der Waals surface area contributed by atoms with Crippen LogP contribution in [0, 0.1) is 6.92 Å². The summed E-state index contributed by atoms with van der Waals surface area (Å²) in [5, 5.41) is 3.74. The summed E-state index contributed by atoms with van der Waals surface area (Å²) < 4.78 is 0. The third-order valence-electron chi connectivity index (χ3n) is 2.06. The van der Waals surface area contributed by atoms with Crippen molar-refractivity contribution in [3.63, 3.8) is 0 Å². The predicted molar refractivity (Wildman–Crippen MR) is 55.0 cm³/mol. The van der Waals surface area contributed by atoms with Crippen LogP contribution in [-0.2, 0) is 0 Å². The average Bonchev–Trinajstić information content (AvgIpc) is 2.79. The van der Waals surface area contributed by atoms with Crippen molar-refractivity contribution in [3.8, 4) is 0 Å². The summed E-state index contributed by atoms with van der Waals surface area (Å²) in [5.74, 6) is 0. The zero-order valence-electron chi connectivity index (χ0n) is 7.47. The van der Waals surface area contributed by atoms with Crippen LogP contribution in [0.5, 0.6) is 0 Å². The lowest BCUT2D eigenvalue weighted by Crippen LogP contribution is -2.06. The van der Waals surface area contributed by atoms with Crippen LogP contribution in [0.2, 0.25) is 5.15 Å². The predicted octanol–water partition coefficient (Wildman–Crippen LogP) is 2.20. The van der Waals surface area contributed by atoms with Gasteiger partial charge in [0.05, 0.1) is 11.4 Å². The van der Waals surface area contributed by atoms with Crippen molar-refractivity contribution in [3.05, 3.63) is 16.9 Å². The Morgan fingerprint density at radius 3 is 2.85 bits per heavy atom. The normalized spacial score (nSPS) is 15.8. The third-order valence-corrected chi connectivity index (χ3v) is 2.33. The Morgan fingerprint density at radius 2 is 2.31 bits per heavy atom. The van der Waals surface area contributed by atoms with E-state index in [1.807, 2.05) is 13.0 Å². The van der Waals surface area contributed by atoms with Gasteiger partial charge in [0.15, 0.2) is 5.15 Å². The maximum absolute atomic E-state index is 5.95. The number of nitrogens with one attached hydrogen (secondary N) is 1. The number of nitrogen functional groups attached to an aromatic ring is 1. The first kappa shape index (κ1) is 8.63. The summed E-state index contributed by atoms with van der Waals surface area (Å²) in [6.07, 6.45) is 2.40. The number of aryl methyl sites for hydroxylation is 1. The Bertz CT molecular complexity index is 311. The van der Waals surface area contributed by atoms with Crippen LogP contribution >= 0.6 is 11.6 Å². The van der Waals surface area contributed by atoms with Crippen LogP contribution < -0.4 is 11.1 Å². The standard InChI is InChI=1S/C9H12ClN3/c1-5-4-7(11)8(9(10)12-5)13-6-2-3-6/h4,6,13H,2-3H2,1H3,(H2,11,12). The van der Waals surface area contributed by atoms with Crippen molar-refractivity contribution in [2.45, 2.75) is 25.8 Å². The summed E-state index contributed by atoms with van der Waals surface area (Å²) >= 11 is 5.95. The molecule has 0 amide bonds. The van der Waals surface area contributed by atoms with Crippen molar-refractivity contribution in [1.82, 2.24) is 4.98 Å². The summed E-state index contributed by atoms with van der Waals surface area (Å²) in [4.78, 5) is 4.14. The molecule has 0 radical (unpaired) electrons. The first-order valence-corrected chi connectivity index (χ1v) is 4.74. The molecule has 1 aliphatic carbocycles. The molecule has 0 bridgehead atoms. The Balaban J connectivity index is 2.31. The summed E-state index contributed by atoms with van der Waals surface area (Å²) in [6, 6.07) is 2.38. The van der Waals surface area contributed by atoms with Gasteiger partial charge in [0, 0.05) is 11.7 Å². The van der Waals surface area contributed by atoms with Gasteiger partial charge in [0.1, 0.15) is 0 Å². The quantitative estimate of drug-likeness (QED) is 0.715. The van der Waals surface area contributed by atoms with Crippen molar-refractivity contribution in [2.75, 3.05) is 11.1 Å². The second-order valence-corrected chi connectivity index (χ2v) is 3.80. The van der Waals surface area contributed by atoms with Gasteiger partial charge in [-0.15, -0.1) is 0 Å². The van der Waals surface area contributed by atoms with Gasteiger partial charge in [0.25, 0.3) is 0 Å². The molecule has 2 rings (SSSR count). The van der Waals surface area contributed by atoms with E-state index >= 15 is 0 Å². The van der Waals surface area contributed by atoms with Gasteiger partial charge < -0.3 is 11.1 Å². The molecule has 1 fully saturated rings. The van der Waals surface area contributed by atoms with Gasteiger partial charge in [-0.1, -0.05) is 11.6 Å². The largest absolute Gasteiger partial charge is 0.397 e. The van der Waals surface area contributed by atoms with E-state index in [2.05, 4.69) is 10.3 Å². The van der Waals surface area contributed by atoms with Gasteiger partial charge >= 0.3 is 0 Å². The molecule has 0 atom stereocenters. The molecule has 1 saturated carbocycles. The van der Waals surface area contributed by atoms with Gasteiger partial charge in [-0.05, 0) is 25.8 Å². The molecule has 70 valence electrons. The Hall–Kier alpha value is -0.960. The molecule has 1 heterocycles. The molecule has 0 aliphatic heterocycles. The minimum atomic E-state index is 0.476. The number of anilines is 2. The number of pyridine rings is 1. The molecule has 1 aromatic heterocycles. The van der Waals surface area contributed by atoms with Gasteiger partial charge in [0.2, 0.25) is 0 Å². The highest BCUT2D eigenvalue weighted by atomic mass is 35.5. The maximum atomic E-state index is 5.95. The van der Waals surface area contributed by atoms with E-state index in [4.69, 9.17) is 17.3 Å². The van der Waals surface area contributed by atoms with Crippen molar-refractivity contribution in [2.24, 2.45) is 0 Å². The lowest BCUT2D eigenvalue weighted by Gasteiger charge is -2.10. The number of halogens is 1. The van der Waals surface area contributed by atoms with Crippen LogP contribution in [0.4, 0.5) is 11.4 Å². The molecule has 4 heteroatoms. The minimum Gasteiger partial charge on any atom is -0.397 e. The number of hydrogen-bond acceptors (Lipinski definition) is 3. The Labute approximate surface area is 82.3 Å².